The first-order valence-electron chi connectivity index (χ1n) is 8.99. The summed E-state index contributed by atoms with van der Waals surface area (Å²) < 4.78 is 0. The Balaban J connectivity index is 1.76. The van der Waals surface area contributed by atoms with Crippen molar-refractivity contribution in [1.82, 2.24) is 5.32 Å². The van der Waals surface area contributed by atoms with Crippen LogP contribution in [-0.4, -0.2) is 24.2 Å². The van der Waals surface area contributed by atoms with Crippen molar-refractivity contribution in [1.29, 1.82) is 0 Å². The van der Waals surface area contributed by atoms with E-state index in [2.05, 4.69) is 35.8 Å². The van der Waals surface area contributed by atoms with Crippen molar-refractivity contribution in [3.8, 4) is 0 Å². The fraction of sp³-hybridized carbons (Fsp3) is 0.381. The van der Waals surface area contributed by atoms with Gasteiger partial charge in [0, 0.05) is 23.8 Å². The molecule has 1 heterocycles. The predicted molar refractivity (Wildman–Crippen MR) is 106 cm³/mol. The minimum absolute atomic E-state index is 0.181. The quantitative estimate of drug-likeness (QED) is 0.673. The molecule has 26 heavy (non-hydrogen) atoms. The summed E-state index contributed by atoms with van der Waals surface area (Å²) in [5.74, 6) is -0.724. The standard InChI is InChI=1S/C21H25ClN2O2/c1-3-19(16-7-8-18(22)14(2)9-16)24-17-6-4-5-15(10-17)11-21(20(25)26)12-23-13-21/h4-10,19,23-24H,3,11-13H2,1-2H3,(H,25,26)/t19-/m1/s1. The SMILES string of the molecule is CC[C@@H](Nc1cccc(CC2(C(=O)O)CNC2)c1)c1ccc(Cl)c(C)c1. The number of rotatable bonds is 7. The van der Waals surface area contributed by atoms with Crippen molar-refractivity contribution in [2.45, 2.75) is 32.7 Å². The smallest absolute Gasteiger partial charge is 0.312 e. The average Bonchev–Trinajstić information content (AvgIpc) is 2.58. The van der Waals surface area contributed by atoms with E-state index in [1.807, 2.05) is 31.2 Å². The Labute approximate surface area is 159 Å². The molecule has 0 saturated carbocycles. The van der Waals surface area contributed by atoms with Crippen molar-refractivity contribution in [3.63, 3.8) is 0 Å². The summed E-state index contributed by atoms with van der Waals surface area (Å²) in [5, 5.41) is 17.0. The van der Waals surface area contributed by atoms with Gasteiger partial charge in [-0.25, -0.2) is 0 Å². The van der Waals surface area contributed by atoms with Crippen LogP contribution >= 0.6 is 11.6 Å². The van der Waals surface area contributed by atoms with Crippen LogP contribution in [-0.2, 0) is 11.2 Å². The molecular formula is C21H25ClN2O2. The van der Waals surface area contributed by atoms with Gasteiger partial charge < -0.3 is 15.7 Å². The summed E-state index contributed by atoms with van der Waals surface area (Å²) in [6.07, 6.45) is 1.48. The van der Waals surface area contributed by atoms with Gasteiger partial charge in [-0.3, -0.25) is 4.79 Å². The zero-order valence-corrected chi connectivity index (χ0v) is 15.9. The van der Waals surface area contributed by atoms with Gasteiger partial charge in [0.05, 0.1) is 11.5 Å². The molecule has 1 fully saturated rings. The zero-order valence-electron chi connectivity index (χ0n) is 15.2. The van der Waals surface area contributed by atoms with Crippen LogP contribution in [0.15, 0.2) is 42.5 Å². The number of carboxylic acids is 1. The molecule has 1 atom stereocenters. The second kappa shape index (κ2) is 7.68. The summed E-state index contributed by atoms with van der Waals surface area (Å²) in [7, 11) is 0. The molecule has 5 heteroatoms. The number of carbonyl (C=O) groups is 1. The third-order valence-corrected chi connectivity index (χ3v) is 5.61. The second-order valence-electron chi connectivity index (χ2n) is 7.18. The topological polar surface area (TPSA) is 61.4 Å². The first-order valence-corrected chi connectivity index (χ1v) is 9.37. The monoisotopic (exact) mass is 372 g/mol. The average molecular weight is 373 g/mol. The molecule has 0 bridgehead atoms. The molecule has 0 unspecified atom stereocenters. The number of aryl methyl sites for hydroxylation is 1. The van der Waals surface area contributed by atoms with Crippen LogP contribution < -0.4 is 10.6 Å². The Bertz CT molecular complexity index is 802. The number of halogens is 1. The van der Waals surface area contributed by atoms with Crippen LogP contribution in [0.1, 0.15) is 36.1 Å². The highest BCUT2D eigenvalue weighted by atomic mass is 35.5. The van der Waals surface area contributed by atoms with E-state index in [-0.39, 0.29) is 6.04 Å². The fourth-order valence-electron chi connectivity index (χ4n) is 3.45. The Kier molecular flexibility index (Phi) is 5.54. The maximum Gasteiger partial charge on any atom is 0.312 e. The summed E-state index contributed by atoms with van der Waals surface area (Å²) in [4.78, 5) is 11.6. The molecule has 4 nitrogen and oxygen atoms in total. The molecule has 1 saturated heterocycles. The summed E-state index contributed by atoms with van der Waals surface area (Å²) in [6.45, 7) is 5.21. The van der Waals surface area contributed by atoms with E-state index in [0.717, 1.165) is 28.3 Å². The Morgan fingerprint density at radius 3 is 2.65 bits per heavy atom. The zero-order chi connectivity index (χ0) is 18.7. The second-order valence-corrected chi connectivity index (χ2v) is 7.59. The number of carboxylic acid groups (broad SMARTS) is 1. The van der Waals surface area contributed by atoms with Gasteiger partial charge in [0.15, 0.2) is 0 Å². The summed E-state index contributed by atoms with van der Waals surface area (Å²) in [6, 6.07) is 14.4. The molecule has 0 aromatic heterocycles. The predicted octanol–water partition coefficient (Wildman–Crippen LogP) is 4.43. The molecule has 3 N–H and O–H groups in total. The van der Waals surface area contributed by atoms with Crippen LogP contribution in [0.5, 0.6) is 0 Å². The molecule has 1 aliphatic rings. The van der Waals surface area contributed by atoms with Gasteiger partial charge in [-0.15, -0.1) is 0 Å². The minimum Gasteiger partial charge on any atom is -0.481 e. The van der Waals surface area contributed by atoms with Gasteiger partial charge in [0.25, 0.3) is 0 Å². The Hall–Kier alpha value is -2.04. The number of anilines is 1. The normalized spacial score (nSPS) is 16.6. The van der Waals surface area contributed by atoms with Crippen LogP contribution in [0.2, 0.25) is 5.02 Å². The van der Waals surface area contributed by atoms with Gasteiger partial charge in [0.2, 0.25) is 0 Å². The van der Waals surface area contributed by atoms with E-state index in [4.69, 9.17) is 11.6 Å². The molecule has 2 aromatic rings. The van der Waals surface area contributed by atoms with E-state index in [9.17, 15) is 9.90 Å². The molecule has 0 aliphatic carbocycles. The van der Waals surface area contributed by atoms with Gasteiger partial charge in [-0.2, -0.15) is 0 Å². The van der Waals surface area contributed by atoms with Crippen molar-refractivity contribution >= 4 is 23.3 Å². The molecule has 0 amide bonds. The van der Waals surface area contributed by atoms with Crippen LogP contribution in [0.3, 0.4) is 0 Å². The van der Waals surface area contributed by atoms with Crippen LogP contribution in [0.4, 0.5) is 5.69 Å². The van der Waals surface area contributed by atoms with E-state index >= 15 is 0 Å². The first-order chi connectivity index (χ1) is 12.4. The lowest BCUT2D eigenvalue weighted by Crippen LogP contribution is -2.59. The van der Waals surface area contributed by atoms with Crippen molar-refractivity contribution in [2.24, 2.45) is 5.41 Å². The minimum atomic E-state index is -0.724. The molecule has 0 radical (unpaired) electrons. The van der Waals surface area contributed by atoms with Gasteiger partial charge in [0.1, 0.15) is 0 Å². The molecule has 0 spiro atoms. The Morgan fingerprint density at radius 1 is 1.31 bits per heavy atom. The lowest BCUT2D eigenvalue weighted by molar-refractivity contribution is -0.152. The third-order valence-electron chi connectivity index (χ3n) is 5.18. The lowest BCUT2D eigenvalue weighted by Gasteiger charge is -2.38. The van der Waals surface area contributed by atoms with Crippen molar-refractivity contribution in [3.05, 3.63) is 64.2 Å². The van der Waals surface area contributed by atoms with E-state index in [0.29, 0.717) is 19.5 Å². The largest absolute Gasteiger partial charge is 0.481 e. The molecule has 3 rings (SSSR count). The Morgan fingerprint density at radius 2 is 2.08 bits per heavy atom. The van der Waals surface area contributed by atoms with E-state index in [1.165, 1.54) is 5.56 Å². The van der Waals surface area contributed by atoms with Crippen LogP contribution in [0, 0.1) is 12.3 Å². The fourth-order valence-corrected chi connectivity index (χ4v) is 3.56. The third kappa shape index (κ3) is 3.87. The number of hydrogen-bond donors (Lipinski definition) is 3. The van der Waals surface area contributed by atoms with Crippen LogP contribution in [0.25, 0.3) is 0 Å². The summed E-state index contributed by atoms with van der Waals surface area (Å²) in [5.41, 5.74) is 3.65. The van der Waals surface area contributed by atoms with Gasteiger partial charge in [-0.05, 0) is 54.7 Å². The van der Waals surface area contributed by atoms with Gasteiger partial charge >= 0.3 is 5.97 Å². The van der Waals surface area contributed by atoms with Crippen molar-refractivity contribution < 1.29 is 9.90 Å². The number of aliphatic carboxylic acids is 1. The van der Waals surface area contributed by atoms with E-state index < -0.39 is 11.4 Å². The molecule has 138 valence electrons. The van der Waals surface area contributed by atoms with Crippen molar-refractivity contribution in [2.75, 3.05) is 18.4 Å². The molecule has 1 aliphatic heterocycles. The lowest BCUT2D eigenvalue weighted by atomic mass is 9.76. The summed E-state index contributed by atoms with van der Waals surface area (Å²) >= 11 is 6.14. The number of nitrogens with one attached hydrogen (secondary N) is 2. The number of benzene rings is 2. The highest BCUT2D eigenvalue weighted by Gasteiger charge is 2.44. The molecular weight excluding hydrogens is 348 g/mol. The highest BCUT2D eigenvalue weighted by Crippen LogP contribution is 2.30. The number of hydrogen-bond acceptors (Lipinski definition) is 3. The highest BCUT2D eigenvalue weighted by molar-refractivity contribution is 6.31. The van der Waals surface area contributed by atoms with Gasteiger partial charge in [-0.1, -0.05) is 42.8 Å². The maximum atomic E-state index is 11.6. The van der Waals surface area contributed by atoms with E-state index in [1.54, 1.807) is 0 Å². The maximum absolute atomic E-state index is 11.6. The first kappa shape index (κ1) is 18.7. The molecule has 2 aromatic carbocycles.